The van der Waals surface area contributed by atoms with Crippen LogP contribution in [0.4, 0.5) is 14.5 Å². The monoisotopic (exact) mass is 462 g/mol. The first-order chi connectivity index (χ1) is 13.7. The molecule has 0 unspecified atom stereocenters. The van der Waals surface area contributed by atoms with Crippen molar-refractivity contribution in [2.75, 3.05) is 29.4 Å². The molecule has 2 rings (SSSR count). The van der Waals surface area contributed by atoms with Crippen LogP contribution in [-0.4, -0.2) is 39.4 Å². The Labute approximate surface area is 178 Å². The lowest BCUT2D eigenvalue weighted by Gasteiger charge is -2.22. The number of sulfonamides is 1. The van der Waals surface area contributed by atoms with Gasteiger partial charge in [-0.05, 0) is 42.8 Å². The highest BCUT2D eigenvalue weighted by Crippen LogP contribution is 2.21. The molecule has 1 amide bonds. The summed E-state index contributed by atoms with van der Waals surface area (Å²) in [6.45, 7) is 0.446. The van der Waals surface area contributed by atoms with Crippen molar-refractivity contribution in [2.24, 2.45) is 0 Å². The van der Waals surface area contributed by atoms with Crippen molar-refractivity contribution in [1.29, 1.82) is 0 Å². The summed E-state index contributed by atoms with van der Waals surface area (Å²) in [7, 11) is -3.70. The van der Waals surface area contributed by atoms with E-state index >= 15 is 0 Å². The van der Waals surface area contributed by atoms with Gasteiger partial charge in [0.15, 0.2) is 11.6 Å². The highest BCUT2D eigenvalue weighted by atomic mass is 35.5. The van der Waals surface area contributed by atoms with Gasteiger partial charge in [0.1, 0.15) is 0 Å². The van der Waals surface area contributed by atoms with Crippen LogP contribution >= 0.6 is 23.4 Å². The number of hydrogen-bond acceptors (Lipinski definition) is 4. The molecular weight excluding hydrogens is 442 g/mol. The van der Waals surface area contributed by atoms with Crippen LogP contribution < -0.4 is 9.62 Å². The van der Waals surface area contributed by atoms with Crippen LogP contribution in [-0.2, 0) is 14.8 Å². The Bertz CT molecular complexity index is 941. The van der Waals surface area contributed by atoms with Crippen LogP contribution in [0.25, 0.3) is 0 Å². The minimum Gasteiger partial charge on any atom is -0.355 e. The Hall–Kier alpha value is -1.84. The first kappa shape index (κ1) is 23.4. The quantitative estimate of drug-likeness (QED) is 0.427. The van der Waals surface area contributed by atoms with Crippen LogP contribution in [0.1, 0.15) is 12.8 Å². The number of halogens is 3. The molecule has 0 radical (unpaired) electrons. The van der Waals surface area contributed by atoms with Gasteiger partial charge < -0.3 is 5.32 Å². The number of benzene rings is 2. The summed E-state index contributed by atoms with van der Waals surface area (Å²) >= 11 is 7.40. The van der Waals surface area contributed by atoms with E-state index in [2.05, 4.69) is 5.32 Å². The highest BCUT2D eigenvalue weighted by molar-refractivity contribution is 7.99. The van der Waals surface area contributed by atoms with E-state index in [1.165, 1.54) is 6.07 Å². The lowest BCUT2D eigenvalue weighted by Crippen LogP contribution is -2.32. The van der Waals surface area contributed by atoms with Gasteiger partial charge in [0, 0.05) is 41.2 Å². The number of anilines is 1. The molecule has 2 aromatic rings. The summed E-state index contributed by atoms with van der Waals surface area (Å²) in [5, 5.41) is 3.43. The van der Waals surface area contributed by atoms with Gasteiger partial charge in [0.25, 0.3) is 0 Å². The molecule has 0 bridgehead atoms. The predicted molar refractivity (Wildman–Crippen MR) is 113 cm³/mol. The van der Waals surface area contributed by atoms with Gasteiger partial charge >= 0.3 is 0 Å². The van der Waals surface area contributed by atoms with E-state index < -0.39 is 21.7 Å². The van der Waals surface area contributed by atoms with Gasteiger partial charge in [-0.15, -0.1) is 11.8 Å². The summed E-state index contributed by atoms with van der Waals surface area (Å²) in [5.41, 5.74) is 0.0196. The summed E-state index contributed by atoms with van der Waals surface area (Å²) in [4.78, 5) is 13.0. The maximum absolute atomic E-state index is 13.4. The Morgan fingerprint density at radius 1 is 1.14 bits per heavy atom. The van der Waals surface area contributed by atoms with Crippen molar-refractivity contribution >= 4 is 45.0 Å². The van der Waals surface area contributed by atoms with Gasteiger partial charge in [-0.25, -0.2) is 17.2 Å². The number of thioether (sulfide) groups is 1. The zero-order chi connectivity index (χ0) is 21.4. The smallest absolute Gasteiger partial charge is 0.232 e. The molecule has 0 aliphatic rings. The number of hydrogen-bond donors (Lipinski definition) is 1. The second-order valence-corrected chi connectivity index (χ2v) is 9.70. The number of carbonyl (C=O) groups is 1. The molecule has 1 N–H and O–H groups in total. The third-order valence-electron chi connectivity index (χ3n) is 3.86. The summed E-state index contributed by atoms with van der Waals surface area (Å²) < 4.78 is 51.4. The predicted octanol–water partition coefficient (Wildman–Crippen LogP) is 4.07. The molecule has 0 saturated carbocycles. The van der Waals surface area contributed by atoms with E-state index in [9.17, 15) is 22.0 Å². The number of nitrogens with zero attached hydrogens (tertiary/aromatic N) is 1. The van der Waals surface area contributed by atoms with E-state index in [-0.39, 0.29) is 31.0 Å². The first-order valence-electron chi connectivity index (χ1n) is 8.74. The van der Waals surface area contributed by atoms with E-state index in [0.717, 1.165) is 27.6 Å². The van der Waals surface area contributed by atoms with Crippen LogP contribution in [0.2, 0.25) is 5.02 Å². The lowest BCUT2D eigenvalue weighted by molar-refractivity contribution is -0.121. The third kappa shape index (κ3) is 7.83. The Morgan fingerprint density at radius 2 is 1.83 bits per heavy atom. The molecule has 5 nitrogen and oxygen atoms in total. The number of amides is 1. The highest BCUT2D eigenvalue weighted by Gasteiger charge is 2.19. The molecule has 2 aromatic carbocycles. The topological polar surface area (TPSA) is 66.5 Å². The maximum Gasteiger partial charge on any atom is 0.232 e. The number of nitrogens with one attached hydrogen (secondary N) is 1. The SMILES string of the molecule is CS(=O)(=O)N(CCCC(=O)NCCSc1ccc(Cl)cc1)c1ccc(F)c(F)c1. The molecule has 0 aromatic heterocycles. The van der Waals surface area contributed by atoms with E-state index in [4.69, 9.17) is 11.6 Å². The standard InChI is InChI=1S/C19H21ClF2N2O3S2/c1-29(26,27)24(15-6-9-17(21)18(22)13-15)11-2-3-19(25)23-10-12-28-16-7-4-14(20)5-8-16/h4-9,13H,2-3,10-12H2,1H3,(H,23,25). The fourth-order valence-corrected chi connectivity index (χ4v) is 4.34. The van der Waals surface area contributed by atoms with E-state index in [1.54, 1.807) is 23.9 Å². The third-order valence-corrected chi connectivity index (χ3v) is 6.32. The number of carbonyl (C=O) groups excluding carboxylic acids is 1. The molecule has 29 heavy (non-hydrogen) atoms. The molecule has 158 valence electrons. The Kier molecular flexibility index (Phi) is 8.73. The second-order valence-electron chi connectivity index (χ2n) is 6.19. The van der Waals surface area contributed by atoms with Crippen molar-refractivity contribution in [3.63, 3.8) is 0 Å². The van der Waals surface area contributed by atoms with E-state index in [1.807, 2.05) is 12.1 Å². The molecule has 0 fully saturated rings. The average Bonchev–Trinajstić information content (AvgIpc) is 2.65. The van der Waals surface area contributed by atoms with Gasteiger partial charge in [0.05, 0.1) is 11.9 Å². The summed E-state index contributed by atoms with van der Waals surface area (Å²) in [6.07, 6.45) is 1.33. The summed E-state index contributed by atoms with van der Waals surface area (Å²) in [5.74, 6) is -1.72. The van der Waals surface area contributed by atoms with Crippen LogP contribution in [0, 0.1) is 11.6 Å². The molecule has 10 heteroatoms. The van der Waals surface area contributed by atoms with Gasteiger partial charge in [-0.2, -0.15) is 0 Å². The summed E-state index contributed by atoms with van der Waals surface area (Å²) in [6, 6.07) is 10.3. The van der Waals surface area contributed by atoms with Crippen molar-refractivity contribution < 1.29 is 22.0 Å². The zero-order valence-electron chi connectivity index (χ0n) is 15.7. The second kappa shape index (κ2) is 10.8. The molecule has 0 atom stereocenters. The van der Waals surface area contributed by atoms with Crippen molar-refractivity contribution in [3.8, 4) is 0 Å². The molecular formula is C19H21ClF2N2O3S2. The number of rotatable bonds is 10. The van der Waals surface area contributed by atoms with Crippen LogP contribution in [0.3, 0.4) is 0 Å². The molecule has 0 spiro atoms. The first-order valence-corrected chi connectivity index (χ1v) is 12.0. The normalized spacial score (nSPS) is 11.3. The molecule has 0 aliphatic carbocycles. The molecule has 0 heterocycles. The fraction of sp³-hybridized carbons (Fsp3) is 0.316. The fourth-order valence-electron chi connectivity index (χ4n) is 2.49. The van der Waals surface area contributed by atoms with Crippen molar-refractivity contribution in [3.05, 3.63) is 59.1 Å². The van der Waals surface area contributed by atoms with Crippen molar-refractivity contribution in [2.45, 2.75) is 17.7 Å². The largest absolute Gasteiger partial charge is 0.355 e. The van der Waals surface area contributed by atoms with Gasteiger partial charge in [-0.1, -0.05) is 11.6 Å². The Morgan fingerprint density at radius 3 is 2.45 bits per heavy atom. The molecule has 0 saturated heterocycles. The lowest BCUT2D eigenvalue weighted by atomic mass is 10.2. The molecule has 0 aliphatic heterocycles. The maximum atomic E-state index is 13.4. The van der Waals surface area contributed by atoms with E-state index in [0.29, 0.717) is 17.3 Å². The average molecular weight is 463 g/mol. The Balaban J connectivity index is 1.77. The minimum atomic E-state index is -3.70. The van der Waals surface area contributed by atoms with Gasteiger partial charge in [0.2, 0.25) is 15.9 Å². The van der Waals surface area contributed by atoms with Crippen LogP contribution in [0.5, 0.6) is 0 Å². The minimum absolute atomic E-state index is 0.0170. The van der Waals surface area contributed by atoms with Gasteiger partial charge in [-0.3, -0.25) is 9.10 Å². The zero-order valence-corrected chi connectivity index (χ0v) is 18.1. The van der Waals surface area contributed by atoms with Crippen molar-refractivity contribution in [1.82, 2.24) is 5.32 Å². The van der Waals surface area contributed by atoms with Crippen LogP contribution in [0.15, 0.2) is 47.4 Å².